The molecular formula is C24H42O2. The highest BCUT2D eigenvalue weighted by Crippen LogP contribution is 2.18. The second-order valence-electron chi connectivity index (χ2n) is 7.74. The number of unbranched alkanes of at least 4 members (excludes halogenated alkanes) is 12. The predicted octanol–water partition coefficient (Wildman–Crippen LogP) is 7.30. The molecule has 0 saturated heterocycles. The first-order chi connectivity index (χ1) is 12.7. The third-order valence-corrected chi connectivity index (χ3v) is 5.16. The minimum atomic E-state index is -0.424. The number of rotatable bonds is 17. The van der Waals surface area contributed by atoms with Crippen molar-refractivity contribution >= 4 is 0 Å². The first kappa shape index (κ1) is 23.0. The van der Waals surface area contributed by atoms with Gasteiger partial charge in [-0.3, -0.25) is 0 Å². The molecule has 0 radical (unpaired) electrons. The van der Waals surface area contributed by atoms with E-state index < -0.39 is 6.10 Å². The Bertz CT molecular complexity index is 402. The van der Waals surface area contributed by atoms with Crippen molar-refractivity contribution in [3.63, 3.8) is 0 Å². The normalized spacial score (nSPS) is 13.5. The summed E-state index contributed by atoms with van der Waals surface area (Å²) in [6.45, 7) is 4.11. The maximum absolute atomic E-state index is 9.94. The van der Waals surface area contributed by atoms with Crippen LogP contribution in [0, 0.1) is 0 Å². The molecule has 1 rings (SSSR count). The molecule has 0 heterocycles. The average molecular weight is 363 g/mol. The van der Waals surface area contributed by atoms with Gasteiger partial charge >= 0.3 is 0 Å². The highest BCUT2D eigenvalue weighted by atomic mass is 16.5. The SMILES string of the molecule is CCCCCCCCCCCCCCCC(Oc1ccccc1)C(C)O. The van der Waals surface area contributed by atoms with E-state index in [1.807, 2.05) is 37.3 Å². The third-order valence-electron chi connectivity index (χ3n) is 5.16. The lowest BCUT2D eigenvalue weighted by Gasteiger charge is -2.21. The highest BCUT2D eigenvalue weighted by Gasteiger charge is 2.16. The minimum Gasteiger partial charge on any atom is -0.488 e. The molecule has 1 aromatic carbocycles. The van der Waals surface area contributed by atoms with Gasteiger partial charge in [-0.25, -0.2) is 0 Å². The summed E-state index contributed by atoms with van der Waals surface area (Å²) in [6.07, 6.45) is 18.2. The van der Waals surface area contributed by atoms with E-state index in [1.54, 1.807) is 0 Å². The molecule has 1 N–H and O–H groups in total. The number of benzene rings is 1. The quantitative estimate of drug-likeness (QED) is 0.295. The zero-order valence-corrected chi connectivity index (χ0v) is 17.3. The van der Waals surface area contributed by atoms with E-state index in [0.29, 0.717) is 0 Å². The second kappa shape index (κ2) is 16.2. The van der Waals surface area contributed by atoms with Crippen LogP contribution in [-0.2, 0) is 0 Å². The number of hydrogen-bond acceptors (Lipinski definition) is 2. The molecule has 0 aliphatic rings. The van der Waals surface area contributed by atoms with Crippen LogP contribution in [0.1, 0.15) is 104 Å². The fourth-order valence-electron chi connectivity index (χ4n) is 3.44. The molecule has 0 aliphatic carbocycles. The number of hydrogen-bond donors (Lipinski definition) is 1. The van der Waals surface area contributed by atoms with Crippen LogP contribution in [0.25, 0.3) is 0 Å². The molecule has 150 valence electrons. The lowest BCUT2D eigenvalue weighted by Crippen LogP contribution is -2.29. The van der Waals surface area contributed by atoms with Gasteiger partial charge < -0.3 is 9.84 Å². The van der Waals surface area contributed by atoms with Gasteiger partial charge in [0.05, 0.1) is 6.10 Å². The maximum Gasteiger partial charge on any atom is 0.124 e. The number of aliphatic hydroxyl groups excluding tert-OH is 1. The van der Waals surface area contributed by atoms with Gasteiger partial charge in [0, 0.05) is 0 Å². The van der Waals surface area contributed by atoms with E-state index >= 15 is 0 Å². The molecule has 2 unspecified atom stereocenters. The fourth-order valence-corrected chi connectivity index (χ4v) is 3.44. The molecular weight excluding hydrogens is 320 g/mol. The van der Waals surface area contributed by atoms with Crippen LogP contribution in [-0.4, -0.2) is 17.3 Å². The van der Waals surface area contributed by atoms with Crippen LogP contribution >= 0.6 is 0 Å². The van der Waals surface area contributed by atoms with Crippen molar-refractivity contribution in [1.82, 2.24) is 0 Å². The molecule has 1 aromatic rings. The van der Waals surface area contributed by atoms with Crippen LogP contribution in [0.15, 0.2) is 30.3 Å². The number of ether oxygens (including phenoxy) is 1. The molecule has 0 spiro atoms. The van der Waals surface area contributed by atoms with E-state index in [-0.39, 0.29) is 6.10 Å². The summed E-state index contributed by atoms with van der Waals surface area (Å²) in [5.74, 6) is 0.855. The molecule has 0 saturated carbocycles. The van der Waals surface area contributed by atoms with E-state index in [2.05, 4.69) is 6.92 Å². The summed E-state index contributed by atoms with van der Waals surface area (Å²) in [5.41, 5.74) is 0. The monoisotopic (exact) mass is 362 g/mol. The Balaban J connectivity index is 1.95. The second-order valence-corrected chi connectivity index (χ2v) is 7.74. The van der Waals surface area contributed by atoms with Crippen LogP contribution < -0.4 is 4.74 Å². The Labute approximate surface area is 162 Å². The standard InChI is InChI=1S/C24H42O2/c1-3-4-5-6-7-8-9-10-11-12-13-14-18-21-24(22(2)25)26-23-19-16-15-17-20-23/h15-17,19-20,22,24-25H,3-14,18,21H2,1-2H3. The minimum absolute atomic E-state index is 0.0925. The lowest BCUT2D eigenvalue weighted by atomic mass is 10.0. The summed E-state index contributed by atoms with van der Waals surface area (Å²) in [6, 6.07) is 9.84. The predicted molar refractivity (Wildman–Crippen MR) is 113 cm³/mol. The molecule has 0 fully saturated rings. The highest BCUT2D eigenvalue weighted by molar-refractivity contribution is 5.21. The van der Waals surface area contributed by atoms with Crippen molar-refractivity contribution < 1.29 is 9.84 Å². The van der Waals surface area contributed by atoms with Gasteiger partial charge in [-0.2, -0.15) is 0 Å². The average Bonchev–Trinajstić information content (AvgIpc) is 2.65. The topological polar surface area (TPSA) is 29.5 Å². The van der Waals surface area contributed by atoms with Crippen molar-refractivity contribution in [3.8, 4) is 5.75 Å². The third kappa shape index (κ3) is 12.4. The van der Waals surface area contributed by atoms with Crippen LogP contribution in [0.3, 0.4) is 0 Å². The molecule has 2 atom stereocenters. The van der Waals surface area contributed by atoms with Crippen molar-refractivity contribution in [2.24, 2.45) is 0 Å². The van der Waals surface area contributed by atoms with Gasteiger partial charge in [0.15, 0.2) is 0 Å². The largest absolute Gasteiger partial charge is 0.488 e. The summed E-state index contributed by atoms with van der Waals surface area (Å²) in [7, 11) is 0. The lowest BCUT2D eigenvalue weighted by molar-refractivity contribution is 0.0418. The first-order valence-electron chi connectivity index (χ1n) is 11.1. The zero-order valence-electron chi connectivity index (χ0n) is 17.3. The van der Waals surface area contributed by atoms with Gasteiger partial charge in [0.1, 0.15) is 11.9 Å². The molecule has 26 heavy (non-hydrogen) atoms. The van der Waals surface area contributed by atoms with Gasteiger partial charge in [-0.15, -0.1) is 0 Å². The molecule has 0 bridgehead atoms. The summed E-state index contributed by atoms with van der Waals surface area (Å²) in [5, 5.41) is 9.94. The Kier molecular flexibility index (Phi) is 14.3. The zero-order chi connectivity index (χ0) is 18.9. The van der Waals surface area contributed by atoms with Gasteiger partial charge in [0.2, 0.25) is 0 Å². The van der Waals surface area contributed by atoms with E-state index in [4.69, 9.17) is 4.74 Å². The van der Waals surface area contributed by atoms with Gasteiger partial charge in [-0.05, 0) is 31.9 Å². The van der Waals surface area contributed by atoms with Crippen molar-refractivity contribution in [1.29, 1.82) is 0 Å². The van der Waals surface area contributed by atoms with Crippen LogP contribution in [0.4, 0.5) is 0 Å². The van der Waals surface area contributed by atoms with Crippen LogP contribution in [0.2, 0.25) is 0 Å². The Morgan fingerprint density at radius 3 is 1.65 bits per heavy atom. The van der Waals surface area contributed by atoms with Gasteiger partial charge in [0.25, 0.3) is 0 Å². The van der Waals surface area contributed by atoms with E-state index in [9.17, 15) is 5.11 Å². The molecule has 2 nitrogen and oxygen atoms in total. The summed E-state index contributed by atoms with van der Waals surface area (Å²) in [4.78, 5) is 0. The smallest absolute Gasteiger partial charge is 0.124 e. The Morgan fingerprint density at radius 2 is 1.19 bits per heavy atom. The number of aliphatic hydroxyl groups is 1. The Hall–Kier alpha value is -1.02. The van der Waals surface area contributed by atoms with Gasteiger partial charge in [-0.1, -0.05) is 102 Å². The summed E-state index contributed by atoms with van der Waals surface area (Å²) < 4.78 is 5.93. The number of para-hydroxylation sites is 1. The molecule has 0 aromatic heterocycles. The van der Waals surface area contributed by atoms with E-state index in [0.717, 1.165) is 18.6 Å². The molecule has 0 aliphatic heterocycles. The fraction of sp³-hybridized carbons (Fsp3) is 0.750. The van der Waals surface area contributed by atoms with E-state index in [1.165, 1.54) is 77.0 Å². The molecule has 2 heteroatoms. The van der Waals surface area contributed by atoms with Crippen LogP contribution in [0.5, 0.6) is 5.75 Å². The first-order valence-corrected chi connectivity index (χ1v) is 11.1. The van der Waals surface area contributed by atoms with Crippen molar-refractivity contribution in [3.05, 3.63) is 30.3 Å². The summed E-state index contributed by atoms with van der Waals surface area (Å²) >= 11 is 0. The van der Waals surface area contributed by atoms with Crippen molar-refractivity contribution in [2.75, 3.05) is 0 Å². The maximum atomic E-state index is 9.94. The molecule has 0 amide bonds. The Morgan fingerprint density at radius 1 is 0.731 bits per heavy atom. The van der Waals surface area contributed by atoms with Crippen molar-refractivity contribution in [2.45, 2.75) is 116 Å².